The van der Waals surface area contributed by atoms with E-state index in [0.29, 0.717) is 6.54 Å². The third-order valence-corrected chi connectivity index (χ3v) is 4.18. The molecular formula is C15H19N3O5. The fraction of sp³-hybridized carbons (Fsp3) is 0.400. The van der Waals surface area contributed by atoms with Crippen molar-refractivity contribution in [3.8, 4) is 0 Å². The second-order valence-corrected chi connectivity index (χ2v) is 5.67. The molecule has 0 aliphatic heterocycles. The number of carboxylic acid groups (broad SMARTS) is 2. The van der Waals surface area contributed by atoms with Gasteiger partial charge in [0.15, 0.2) is 0 Å². The minimum Gasteiger partial charge on any atom is -0.481 e. The Morgan fingerprint density at radius 1 is 1.22 bits per heavy atom. The number of carbonyl (C=O) groups is 3. The van der Waals surface area contributed by atoms with Crippen LogP contribution in [-0.4, -0.2) is 40.8 Å². The van der Waals surface area contributed by atoms with E-state index in [4.69, 9.17) is 15.9 Å². The minimum atomic E-state index is -1.34. The predicted molar refractivity (Wildman–Crippen MR) is 80.5 cm³/mol. The van der Waals surface area contributed by atoms with Gasteiger partial charge in [-0.05, 0) is 12.0 Å². The molecule has 2 amide bonds. The Morgan fingerprint density at radius 3 is 2.39 bits per heavy atom. The number of carboxylic acids is 2. The van der Waals surface area contributed by atoms with Crippen molar-refractivity contribution in [1.82, 2.24) is 10.6 Å². The largest absolute Gasteiger partial charge is 0.481 e. The van der Waals surface area contributed by atoms with Gasteiger partial charge in [0.25, 0.3) is 0 Å². The van der Waals surface area contributed by atoms with Gasteiger partial charge >= 0.3 is 18.0 Å². The quantitative estimate of drug-likeness (QED) is 0.478. The molecule has 124 valence electrons. The number of nitrogens with two attached hydrogens (primary N) is 1. The van der Waals surface area contributed by atoms with Crippen molar-refractivity contribution in [3.05, 3.63) is 35.9 Å². The average molecular weight is 321 g/mol. The maximum absolute atomic E-state index is 11.8. The number of urea groups is 1. The summed E-state index contributed by atoms with van der Waals surface area (Å²) in [4.78, 5) is 33.9. The number of carbonyl (C=O) groups excluding carboxylic acids is 1. The summed E-state index contributed by atoms with van der Waals surface area (Å²) in [6, 6.07) is 7.42. The van der Waals surface area contributed by atoms with Crippen molar-refractivity contribution in [2.75, 3.05) is 6.54 Å². The first-order valence-corrected chi connectivity index (χ1v) is 7.13. The molecule has 2 rings (SSSR count). The Hall–Kier alpha value is -2.61. The zero-order valence-electron chi connectivity index (χ0n) is 12.4. The molecule has 0 aromatic heterocycles. The summed E-state index contributed by atoms with van der Waals surface area (Å²) < 4.78 is 0. The lowest BCUT2D eigenvalue weighted by Gasteiger charge is -2.21. The van der Waals surface area contributed by atoms with Crippen LogP contribution in [-0.2, 0) is 16.1 Å². The molecule has 0 radical (unpaired) electrons. The molecule has 23 heavy (non-hydrogen) atoms. The molecular weight excluding hydrogens is 302 g/mol. The first-order chi connectivity index (χ1) is 10.9. The van der Waals surface area contributed by atoms with Crippen LogP contribution in [0.5, 0.6) is 0 Å². The van der Waals surface area contributed by atoms with Crippen molar-refractivity contribution < 1.29 is 24.6 Å². The molecule has 1 aromatic rings. The van der Waals surface area contributed by atoms with E-state index in [-0.39, 0.29) is 13.0 Å². The Labute approximate surface area is 132 Å². The van der Waals surface area contributed by atoms with E-state index >= 15 is 0 Å². The van der Waals surface area contributed by atoms with E-state index in [1.165, 1.54) is 0 Å². The van der Waals surface area contributed by atoms with Gasteiger partial charge in [-0.1, -0.05) is 30.3 Å². The molecule has 1 aliphatic rings. The summed E-state index contributed by atoms with van der Waals surface area (Å²) in [5.74, 6) is -3.24. The topological polar surface area (TPSA) is 142 Å². The van der Waals surface area contributed by atoms with Gasteiger partial charge in [0.1, 0.15) is 6.04 Å². The molecule has 0 bridgehead atoms. The van der Waals surface area contributed by atoms with E-state index < -0.39 is 35.3 Å². The summed E-state index contributed by atoms with van der Waals surface area (Å²) in [6.07, 6.45) is 0.134. The van der Waals surface area contributed by atoms with Crippen LogP contribution in [0.15, 0.2) is 30.3 Å². The van der Waals surface area contributed by atoms with Gasteiger partial charge < -0.3 is 26.6 Å². The molecule has 3 unspecified atom stereocenters. The normalized spacial score (nSPS) is 23.6. The molecule has 0 heterocycles. The maximum atomic E-state index is 11.8. The van der Waals surface area contributed by atoms with Crippen LogP contribution < -0.4 is 16.4 Å². The third kappa shape index (κ3) is 3.78. The van der Waals surface area contributed by atoms with Crippen LogP contribution in [0, 0.1) is 11.3 Å². The molecule has 1 aromatic carbocycles. The molecule has 0 saturated heterocycles. The van der Waals surface area contributed by atoms with Gasteiger partial charge in [-0.3, -0.25) is 9.59 Å². The summed E-state index contributed by atoms with van der Waals surface area (Å²) in [7, 11) is 0. The summed E-state index contributed by atoms with van der Waals surface area (Å²) >= 11 is 0. The lowest BCUT2D eigenvalue weighted by molar-refractivity contribution is -0.142. The highest BCUT2D eigenvalue weighted by Gasteiger charge is 2.64. The molecule has 6 N–H and O–H groups in total. The van der Waals surface area contributed by atoms with Gasteiger partial charge in [0.05, 0.1) is 5.92 Å². The summed E-state index contributed by atoms with van der Waals surface area (Å²) in [5, 5.41) is 23.2. The van der Waals surface area contributed by atoms with Gasteiger partial charge in [0.2, 0.25) is 0 Å². The molecule has 3 atom stereocenters. The minimum absolute atomic E-state index is 0.0992. The van der Waals surface area contributed by atoms with Crippen molar-refractivity contribution in [1.29, 1.82) is 0 Å². The molecule has 8 nitrogen and oxygen atoms in total. The highest BCUT2D eigenvalue weighted by Crippen LogP contribution is 2.54. The second-order valence-electron chi connectivity index (χ2n) is 5.67. The lowest BCUT2D eigenvalue weighted by atomic mass is 9.94. The number of amides is 2. The first-order valence-electron chi connectivity index (χ1n) is 7.13. The smallest absolute Gasteiger partial charge is 0.321 e. The van der Waals surface area contributed by atoms with Gasteiger partial charge in [0, 0.05) is 18.5 Å². The average Bonchev–Trinajstić information content (AvgIpc) is 3.27. The van der Waals surface area contributed by atoms with Crippen LogP contribution in [0.3, 0.4) is 0 Å². The molecule has 8 heteroatoms. The molecule has 0 spiro atoms. The zero-order valence-corrected chi connectivity index (χ0v) is 12.4. The lowest BCUT2D eigenvalue weighted by Crippen LogP contribution is -2.49. The van der Waals surface area contributed by atoms with Gasteiger partial charge in [-0.15, -0.1) is 0 Å². The number of nitrogens with one attached hydrogen (secondary N) is 2. The standard InChI is InChI=1S/C15H19N3O5/c16-11(13(21)22)15(6-10(15)12(19)20)8-18-14(23)17-7-9-4-2-1-3-5-9/h1-5,10-11H,6-8,16H2,(H,19,20)(H,21,22)(H2,17,18,23). The zero-order chi connectivity index (χ0) is 17.0. The number of hydrogen-bond donors (Lipinski definition) is 5. The molecule has 1 fully saturated rings. The van der Waals surface area contributed by atoms with Crippen LogP contribution in [0.4, 0.5) is 4.79 Å². The number of aliphatic carboxylic acids is 2. The van der Waals surface area contributed by atoms with Crippen molar-refractivity contribution >= 4 is 18.0 Å². The monoisotopic (exact) mass is 321 g/mol. The van der Waals surface area contributed by atoms with E-state index in [0.717, 1.165) is 5.56 Å². The number of rotatable bonds is 7. The third-order valence-electron chi connectivity index (χ3n) is 4.18. The fourth-order valence-electron chi connectivity index (χ4n) is 2.63. The van der Waals surface area contributed by atoms with E-state index in [1.807, 2.05) is 30.3 Å². The van der Waals surface area contributed by atoms with E-state index in [2.05, 4.69) is 10.6 Å². The highest BCUT2D eigenvalue weighted by atomic mass is 16.4. The van der Waals surface area contributed by atoms with Crippen molar-refractivity contribution in [2.45, 2.75) is 19.0 Å². The van der Waals surface area contributed by atoms with Crippen LogP contribution in [0.1, 0.15) is 12.0 Å². The van der Waals surface area contributed by atoms with E-state index in [1.54, 1.807) is 0 Å². The highest BCUT2D eigenvalue weighted by molar-refractivity contribution is 5.82. The van der Waals surface area contributed by atoms with Gasteiger partial charge in [-0.25, -0.2) is 4.79 Å². The Bertz CT molecular complexity index is 606. The SMILES string of the molecule is NC(C(=O)O)C1(CNC(=O)NCc2ccccc2)CC1C(=O)O. The molecule has 1 aliphatic carbocycles. The predicted octanol–water partition coefficient (Wildman–Crippen LogP) is -0.0114. The van der Waals surface area contributed by atoms with Crippen LogP contribution in [0.25, 0.3) is 0 Å². The number of hydrogen-bond acceptors (Lipinski definition) is 4. The fourth-order valence-corrected chi connectivity index (χ4v) is 2.63. The molecule has 1 saturated carbocycles. The Morgan fingerprint density at radius 2 is 1.87 bits per heavy atom. The first kappa shape index (κ1) is 16.8. The van der Waals surface area contributed by atoms with Crippen molar-refractivity contribution in [2.24, 2.45) is 17.1 Å². The van der Waals surface area contributed by atoms with Crippen LogP contribution in [0.2, 0.25) is 0 Å². The Kier molecular flexibility index (Phi) is 4.85. The summed E-state index contributed by atoms with van der Waals surface area (Å²) in [6.45, 7) is 0.213. The van der Waals surface area contributed by atoms with E-state index in [9.17, 15) is 14.4 Å². The summed E-state index contributed by atoms with van der Waals surface area (Å²) in [5.41, 5.74) is 5.38. The maximum Gasteiger partial charge on any atom is 0.321 e. The second kappa shape index (κ2) is 6.66. The number of benzene rings is 1. The van der Waals surface area contributed by atoms with Gasteiger partial charge in [-0.2, -0.15) is 0 Å². The van der Waals surface area contributed by atoms with Crippen molar-refractivity contribution in [3.63, 3.8) is 0 Å². The Balaban J connectivity index is 1.88. The van der Waals surface area contributed by atoms with Crippen LogP contribution >= 0.6 is 0 Å².